The van der Waals surface area contributed by atoms with Crippen LogP contribution in [0.4, 0.5) is 16.2 Å². The molecule has 4 rings (SSSR count). The molecule has 0 bridgehead atoms. The molecule has 2 N–H and O–H groups in total. The van der Waals surface area contributed by atoms with Crippen LogP contribution in [0.25, 0.3) is 0 Å². The fraction of sp³-hybridized carbons (Fsp3) is 0.300. The number of amides is 3. The van der Waals surface area contributed by atoms with Gasteiger partial charge < -0.3 is 15.4 Å². The number of anilines is 2. The lowest BCUT2D eigenvalue weighted by atomic mass is 10.2. The van der Waals surface area contributed by atoms with Crippen molar-refractivity contribution in [1.29, 1.82) is 0 Å². The normalized spacial score (nSPS) is 17.6. The zero-order valence-electron chi connectivity index (χ0n) is 16.2. The molecule has 3 amide bonds. The van der Waals surface area contributed by atoms with Crippen molar-refractivity contribution in [1.82, 2.24) is 9.62 Å². The highest BCUT2D eigenvalue weighted by atomic mass is 32.2. The summed E-state index contributed by atoms with van der Waals surface area (Å²) >= 11 is 0. The first kappa shape index (κ1) is 20.3. The van der Waals surface area contributed by atoms with Crippen molar-refractivity contribution in [2.45, 2.75) is 4.90 Å². The predicted octanol–water partition coefficient (Wildman–Crippen LogP) is 1.49. The van der Waals surface area contributed by atoms with Crippen LogP contribution in [0.2, 0.25) is 0 Å². The molecule has 2 aliphatic heterocycles. The maximum Gasteiger partial charge on any atom is 0.321 e. The Morgan fingerprint density at radius 3 is 2.43 bits per heavy atom. The second-order valence-electron chi connectivity index (χ2n) is 6.93. The molecule has 158 valence electrons. The Labute approximate surface area is 174 Å². The second-order valence-corrected chi connectivity index (χ2v) is 8.87. The number of ether oxygens (including phenoxy) is 1. The van der Waals surface area contributed by atoms with Gasteiger partial charge in [0.2, 0.25) is 10.0 Å². The fourth-order valence-corrected chi connectivity index (χ4v) is 4.83. The smallest absolute Gasteiger partial charge is 0.321 e. The zero-order chi connectivity index (χ0) is 21.1. The van der Waals surface area contributed by atoms with Crippen LogP contribution in [0.3, 0.4) is 0 Å². The summed E-state index contributed by atoms with van der Waals surface area (Å²) in [7, 11) is -3.68. The molecular weight excluding hydrogens is 408 g/mol. The molecule has 2 fully saturated rings. The highest BCUT2D eigenvalue weighted by Crippen LogP contribution is 2.21. The summed E-state index contributed by atoms with van der Waals surface area (Å²) in [6.07, 6.45) is 0. The Bertz CT molecular complexity index is 1050. The monoisotopic (exact) mass is 430 g/mol. The van der Waals surface area contributed by atoms with E-state index in [9.17, 15) is 18.0 Å². The van der Waals surface area contributed by atoms with Gasteiger partial charge in [0, 0.05) is 43.1 Å². The van der Waals surface area contributed by atoms with Gasteiger partial charge in [0.25, 0.3) is 5.91 Å². The highest BCUT2D eigenvalue weighted by molar-refractivity contribution is 7.89. The van der Waals surface area contributed by atoms with E-state index in [0.717, 1.165) is 5.69 Å². The lowest BCUT2D eigenvalue weighted by molar-refractivity contribution is 0.0730. The number of rotatable bonds is 5. The minimum Gasteiger partial charge on any atom is -0.379 e. The van der Waals surface area contributed by atoms with Gasteiger partial charge in [-0.3, -0.25) is 9.69 Å². The summed E-state index contributed by atoms with van der Waals surface area (Å²) in [4.78, 5) is 26.1. The molecule has 9 nitrogen and oxygen atoms in total. The summed E-state index contributed by atoms with van der Waals surface area (Å²) < 4.78 is 32.2. The Morgan fingerprint density at radius 1 is 1.03 bits per heavy atom. The fourth-order valence-electron chi connectivity index (χ4n) is 3.38. The van der Waals surface area contributed by atoms with Crippen LogP contribution in [0.1, 0.15) is 10.4 Å². The number of hydrogen-bond acceptors (Lipinski definition) is 5. The predicted molar refractivity (Wildman–Crippen MR) is 111 cm³/mol. The van der Waals surface area contributed by atoms with Crippen LogP contribution in [-0.2, 0) is 14.8 Å². The maximum absolute atomic E-state index is 12.8. The van der Waals surface area contributed by atoms with Crippen LogP contribution < -0.4 is 15.5 Å². The number of morpholine rings is 1. The maximum atomic E-state index is 12.8. The summed E-state index contributed by atoms with van der Waals surface area (Å²) in [5.41, 5.74) is 1.53. The van der Waals surface area contributed by atoms with Crippen molar-refractivity contribution in [3.63, 3.8) is 0 Å². The number of nitrogens with one attached hydrogen (secondary N) is 2. The van der Waals surface area contributed by atoms with Crippen molar-refractivity contribution in [2.75, 3.05) is 49.6 Å². The Kier molecular flexibility index (Phi) is 5.71. The van der Waals surface area contributed by atoms with Crippen molar-refractivity contribution < 1.29 is 22.7 Å². The van der Waals surface area contributed by atoms with Gasteiger partial charge in [-0.05, 0) is 42.5 Å². The number of hydrogen-bond donors (Lipinski definition) is 2. The Hall–Kier alpha value is -2.95. The van der Waals surface area contributed by atoms with Crippen LogP contribution in [0.5, 0.6) is 0 Å². The van der Waals surface area contributed by atoms with Crippen molar-refractivity contribution in [3.05, 3.63) is 54.1 Å². The topological polar surface area (TPSA) is 108 Å². The highest BCUT2D eigenvalue weighted by Gasteiger charge is 2.27. The van der Waals surface area contributed by atoms with Crippen LogP contribution in [-0.4, -0.2) is 64.1 Å². The third-order valence-corrected chi connectivity index (χ3v) is 6.89. The third kappa shape index (κ3) is 4.16. The zero-order valence-corrected chi connectivity index (χ0v) is 17.0. The molecule has 10 heteroatoms. The van der Waals surface area contributed by atoms with E-state index in [2.05, 4.69) is 10.6 Å². The van der Waals surface area contributed by atoms with E-state index in [-0.39, 0.29) is 16.5 Å². The molecule has 0 radical (unpaired) electrons. The van der Waals surface area contributed by atoms with E-state index in [1.54, 1.807) is 41.3 Å². The lowest BCUT2D eigenvalue weighted by Crippen LogP contribution is -2.40. The molecule has 0 atom stereocenters. The quantitative estimate of drug-likeness (QED) is 0.747. The summed E-state index contributed by atoms with van der Waals surface area (Å²) in [5.74, 6) is -0.416. The number of carbonyl (C=O) groups is 2. The summed E-state index contributed by atoms with van der Waals surface area (Å²) in [5, 5.41) is 5.49. The molecule has 30 heavy (non-hydrogen) atoms. The van der Waals surface area contributed by atoms with Crippen molar-refractivity contribution >= 4 is 33.3 Å². The standard InChI is InChI=1S/C20H22N4O5S/c25-19(22-16-4-6-17(7-5-16)24-9-8-21-20(24)26)15-2-1-3-18(14-15)30(27,28)23-10-12-29-13-11-23/h1-7,14H,8-13H2,(H,21,26)(H,22,25). The first-order chi connectivity index (χ1) is 14.4. The average Bonchev–Trinajstić information content (AvgIpc) is 3.21. The van der Waals surface area contributed by atoms with E-state index in [1.165, 1.54) is 16.4 Å². The van der Waals surface area contributed by atoms with Gasteiger partial charge in [-0.1, -0.05) is 6.07 Å². The second kappa shape index (κ2) is 8.42. The van der Waals surface area contributed by atoms with Crippen LogP contribution in [0.15, 0.2) is 53.4 Å². The summed E-state index contributed by atoms with van der Waals surface area (Å²) in [6, 6.07) is 12.7. The van der Waals surface area contributed by atoms with Gasteiger partial charge in [0.05, 0.1) is 18.1 Å². The number of nitrogens with zero attached hydrogens (tertiary/aromatic N) is 2. The summed E-state index contributed by atoms with van der Waals surface area (Å²) in [6.45, 7) is 2.49. The van der Waals surface area contributed by atoms with E-state index in [4.69, 9.17) is 4.74 Å². The minimum absolute atomic E-state index is 0.0763. The van der Waals surface area contributed by atoms with E-state index >= 15 is 0 Å². The van der Waals surface area contributed by atoms with Crippen molar-refractivity contribution in [3.8, 4) is 0 Å². The first-order valence-electron chi connectivity index (χ1n) is 9.60. The molecule has 0 aromatic heterocycles. The van der Waals surface area contributed by atoms with E-state index < -0.39 is 15.9 Å². The molecule has 2 heterocycles. The number of benzene rings is 2. The molecule has 0 saturated carbocycles. The lowest BCUT2D eigenvalue weighted by Gasteiger charge is -2.26. The minimum atomic E-state index is -3.68. The number of carbonyl (C=O) groups excluding carboxylic acids is 2. The van der Waals surface area contributed by atoms with Crippen LogP contribution in [0, 0.1) is 0 Å². The molecule has 2 aromatic rings. The SMILES string of the molecule is O=C(Nc1ccc(N2CCNC2=O)cc1)c1cccc(S(=O)(=O)N2CCOCC2)c1. The molecular formula is C20H22N4O5S. The molecule has 0 unspecified atom stereocenters. The number of sulfonamides is 1. The van der Waals surface area contributed by atoms with Gasteiger partial charge in [0.15, 0.2) is 0 Å². The number of urea groups is 1. The molecule has 0 spiro atoms. The largest absolute Gasteiger partial charge is 0.379 e. The molecule has 2 aromatic carbocycles. The van der Waals surface area contributed by atoms with E-state index in [1.807, 2.05) is 0 Å². The van der Waals surface area contributed by atoms with Crippen molar-refractivity contribution in [2.24, 2.45) is 0 Å². The van der Waals surface area contributed by atoms with Gasteiger partial charge >= 0.3 is 6.03 Å². The molecule has 0 aliphatic carbocycles. The Balaban J connectivity index is 1.47. The molecule has 2 saturated heterocycles. The van der Waals surface area contributed by atoms with Gasteiger partial charge in [-0.2, -0.15) is 4.31 Å². The van der Waals surface area contributed by atoms with Crippen LogP contribution >= 0.6 is 0 Å². The van der Waals surface area contributed by atoms with Gasteiger partial charge in [-0.15, -0.1) is 0 Å². The van der Waals surface area contributed by atoms with E-state index in [0.29, 0.717) is 45.1 Å². The first-order valence-corrected chi connectivity index (χ1v) is 11.0. The van der Waals surface area contributed by atoms with Gasteiger partial charge in [0.1, 0.15) is 0 Å². The Morgan fingerprint density at radius 2 is 1.77 bits per heavy atom. The third-order valence-electron chi connectivity index (χ3n) is 5.00. The van der Waals surface area contributed by atoms with Gasteiger partial charge in [-0.25, -0.2) is 13.2 Å². The average molecular weight is 430 g/mol. The molecule has 2 aliphatic rings.